The minimum atomic E-state index is -1.51. The number of methoxy groups -OCH3 is 1. The quantitative estimate of drug-likeness (QED) is 0.185. The number of ketones is 2. The lowest BCUT2D eigenvalue weighted by Gasteiger charge is -2.37. The smallest absolute Gasteiger partial charge is 0.270 e. The number of benzene rings is 4. The molecule has 1 saturated heterocycles. The minimum absolute atomic E-state index is 0.0521. The SMILES string of the molecule is COc1cccc(C(=O)[C@@H]2[C@H](C(=O)c3cccc([N+](=O)[O-])c3)[C@]3(C(=O)Nc4ccccc43)[C@H]3C=Cc4ccccc4N23)c1. The maximum atomic E-state index is 14.8. The van der Waals surface area contributed by atoms with Crippen molar-refractivity contribution in [2.45, 2.75) is 17.5 Å². The number of hydrogen-bond donors (Lipinski definition) is 1. The Morgan fingerprint density at radius 3 is 2.42 bits per heavy atom. The van der Waals surface area contributed by atoms with Gasteiger partial charge >= 0.3 is 0 Å². The van der Waals surface area contributed by atoms with Gasteiger partial charge in [-0.3, -0.25) is 24.5 Å². The van der Waals surface area contributed by atoms with Crippen LogP contribution in [-0.4, -0.2) is 41.6 Å². The molecule has 9 heteroatoms. The summed E-state index contributed by atoms with van der Waals surface area (Å²) in [5.74, 6) is -2.07. The molecule has 0 bridgehead atoms. The molecule has 0 saturated carbocycles. The van der Waals surface area contributed by atoms with E-state index in [1.54, 1.807) is 42.5 Å². The molecule has 0 radical (unpaired) electrons. The Hall–Kier alpha value is -5.57. The monoisotopic (exact) mass is 571 g/mol. The Balaban J connectivity index is 1.53. The summed E-state index contributed by atoms with van der Waals surface area (Å²) in [6, 6.07) is 25.0. The van der Waals surface area contributed by atoms with Crippen LogP contribution in [0.4, 0.5) is 17.1 Å². The van der Waals surface area contributed by atoms with Crippen molar-refractivity contribution in [2.75, 3.05) is 17.3 Å². The zero-order chi connectivity index (χ0) is 29.9. The number of ether oxygens (including phenoxy) is 1. The van der Waals surface area contributed by atoms with Crippen molar-refractivity contribution in [3.05, 3.63) is 136 Å². The van der Waals surface area contributed by atoms with Gasteiger partial charge in [-0.25, -0.2) is 0 Å². The van der Waals surface area contributed by atoms with E-state index in [4.69, 9.17) is 4.74 Å². The number of nitro benzene ring substituents is 1. The zero-order valence-electron chi connectivity index (χ0n) is 23.0. The van der Waals surface area contributed by atoms with Gasteiger partial charge < -0.3 is 15.0 Å². The molecule has 212 valence electrons. The summed E-state index contributed by atoms with van der Waals surface area (Å²) in [6.45, 7) is 0. The zero-order valence-corrected chi connectivity index (χ0v) is 23.0. The predicted molar refractivity (Wildman–Crippen MR) is 161 cm³/mol. The van der Waals surface area contributed by atoms with E-state index < -0.39 is 40.0 Å². The predicted octanol–water partition coefficient (Wildman–Crippen LogP) is 5.46. The average molecular weight is 572 g/mol. The summed E-state index contributed by atoms with van der Waals surface area (Å²) < 4.78 is 5.39. The van der Waals surface area contributed by atoms with E-state index in [1.807, 2.05) is 47.4 Å². The molecular formula is C34H25N3O6. The van der Waals surface area contributed by atoms with Gasteiger partial charge in [-0.05, 0) is 35.4 Å². The molecular weight excluding hydrogens is 546 g/mol. The van der Waals surface area contributed by atoms with Gasteiger partial charge in [0.1, 0.15) is 17.2 Å². The number of carbonyl (C=O) groups excluding carboxylic acids is 3. The van der Waals surface area contributed by atoms with Crippen LogP contribution in [0.1, 0.15) is 31.8 Å². The second-order valence-corrected chi connectivity index (χ2v) is 10.8. The molecule has 3 aliphatic rings. The number of rotatable bonds is 6. The van der Waals surface area contributed by atoms with Crippen LogP contribution in [0.25, 0.3) is 6.08 Å². The summed E-state index contributed by atoms with van der Waals surface area (Å²) >= 11 is 0. The number of carbonyl (C=O) groups is 3. The van der Waals surface area contributed by atoms with E-state index in [0.29, 0.717) is 28.3 Å². The molecule has 3 heterocycles. The third-order valence-corrected chi connectivity index (χ3v) is 8.79. The van der Waals surface area contributed by atoms with Gasteiger partial charge in [0.25, 0.3) is 5.69 Å². The maximum Gasteiger partial charge on any atom is 0.270 e. The number of fused-ring (bicyclic) bond motifs is 6. The number of anilines is 2. The summed E-state index contributed by atoms with van der Waals surface area (Å²) in [5.41, 5.74) is 1.31. The van der Waals surface area contributed by atoms with Crippen molar-refractivity contribution in [3.63, 3.8) is 0 Å². The van der Waals surface area contributed by atoms with Gasteiger partial charge in [0, 0.05) is 34.6 Å². The third kappa shape index (κ3) is 3.74. The van der Waals surface area contributed by atoms with Gasteiger partial charge in [-0.1, -0.05) is 72.8 Å². The molecule has 0 aliphatic carbocycles. The first-order chi connectivity index (χ1) is 20.9. The molecule has 1 amide bonds. The molecule has 1 N–H and O–H groups in total. The highest BCUT2D eigenvalue weighted by Crippen LogP contribution is 2.58. The molecule has 0 aromatic heterocycles. The second kappa shape index (κ2) is 9.77. The van der Waals surface area contributed by atoms with E-state index in [0.717, 1.165) is 5.56 Å². The Morgan fingerprint density at radius 2 is 1.63 bits per heavy atom. The van der Waals surface area contributed by atoms with Crippen LogP contribution in [0.5, 0.6) is 5.75 Å². The molecule has 1 spiro atoms. The van der Waals surface area contributed by atoms with Crippen LogP contribution < -0.4 is 15.0 Å². The van der Waals surface area contributed by atoms with Gasteiger partial charge in [-0.15, -0.1) is 0 Å². The molecule has 9 nitrogen and oxygen atoms in total. The Kier molecular flexibility index (Phi) is 5.98. The molecule has 4 aromatic carbocycles. The molecule has 3 aliphatic heterocycles. The van der Waals surface area contributed by atoms with Crippen molar-refractivity contribution in [2.24, 2.45) is 5.92 Å². The fourth-order valence-corrected chi connectivity index (χ4v) is 7.02. The van der Waals surface area contributed by atoms with Crippen molar-refractivity contribution in [3.8, 4) is 5.75 Å². The number of amides is 1. The lowest BCUT2D eigenvalue weighted by atomic mass is 9.64. The number of hydrogen-bond acceptors (Lipinski definition) is 7. The van der Waals surface area contributed by atoms with Crippen LogP contribution in [0.3, 0.4) is 0 Å². The van der Waals surface area contributed by atoms with E-state index in [2.05, 4.69) is 5.32 Å². The van der Waals surface area contributed by atoms with Crippen molar-refractivity contribution < 1.29 is 24.0 Å². The van der Waals surface area contributed by atoms with Crippen LogP contribution in [0.2, 0.25) is 0 Å². The fourth-order valence-electron chi connectivity index (χ4n) is 7.02. The lowest BCUT2D eigenvalue weighted by Crippen LogP contribution is -2.51. The van der Waals surface area contributed by atoms with Gasteiger partial charge in [0.05, 0.1) is 24.0 Å². The van der Waals surface area contributed by atoms with Crippen LogP contribution >= 0.6 is 0 Å². The Morgan fingerprint density at radius 1 is 0.907 bits per heavy atom. The van der Waals surface area contributed by atoms with Crippen molar-refractivity contribution in [1.82, 2.24) is 0 Å². The summed E-state index contributed by atoms with van der Waals surface area (Å²) in [7, 11) is 1.50. The van der Waals surface area contributed by atoms with E-state index in [1.165, 1.54) is 31.4 Å². The molecule has 4 atom stereocenters. The number of nitrogens with one attached hydrogen (secondary N) is 1. The highest BCUT2D eigenvalue weighted by Gasteiger charge is 2.70. The number of Topliss-reactive ketones (excluding diaryl/α,β-unsaturated/α-hetero) is 2. The van der Waals surface area contributed by atoms with Gasteiger partial charge in [0.2, 0.25) is 5.91 Å². The largest absolute Gasteiger partial charge is 0.497 e. The molecule has 0 unspecified atom stereocenters. The minimum Gasteiger partial charge on any atom is -0.497 e. The first-order valence-electron chi connectivity index (χ1n) is 13.8. The van der Waals surface area contributed by atoms with Crippen molar-refractivity contribution in [1.29, 1.82) is 0 Å². The van der Waals surface area contributed by atoms with E-state index >= 15 is 0 Å². The van der Waals surface area contributed by atoms with E-state index in [-0.39, 0.29) is 17.0 Å². The second-order valence-electron chi connectivity index (χ2n) is 10.8. The molecule has 43 heavy (non-hydrogen) atoms. The first kappa shape index (κ1) is 26.3. The Bertz CT molecular complexity index is 1880. The van der Waals surface area contributed by atoms with Gasteiger partial charge in [-0.2, -0.15) is 0 Å². The number of nitrogens with zero attached hydrogens (tertiary/aromatic N) is 2. The summed E-state index contributed by atoms with van der Waals surface area (Å²) in [4.78, 5) is 57.0. The first-order valence-corrected chi connectivity index (χ1v) is 13.8. The highest BCUT2D eigenvalue weighted by molar-refractivity contribution is 6.18. The number of para-hydroxylation sites is 2. The Labute approximate surface area is 246 Å². The fraction of sp³-hybridized carbons (Fsp3) is 0.147. The van der Waals surface area contributed by atoms with Crippen LogP contribution in [0, 0.1) is 16.0 Å². The lowest BCUT2D eigenvalue weighted by molar-refractivity contribution is -0.384. The average Bonchev–Trinajstić information content (AvgIpc) is 3.52. The summed E-state index contributed by atoms with van der Waals surface area (Å²) in [6.07, 6.45) is 3.80. The van der Waals surface area contributed by atoms with E-state index in [9.17, 15) is 24.5 Å². The third-order valence-electron chi connectivity index (χ3n) is 8.79. The van der Waals surface area contributed by atoms with Crippen molar-refractivity contribution >= 4 is 40.6 Å². The van der Waals surface area contributed by atoms with Gasteiger partial charge in [0.15, 0.2) is 11.6 Å². The molecule has 7 rings (SSSR count). The van der Waals surface area contributed by atoms with Crippen LogP contribution in [-0.2, 0) is 10.2 Å². The normalized spacial score (nSPS) is 22.9. The molecule has 1 fully saturated rings. The number of nitro groups is 1. The molecule has 4 aromatic rings. The standard InChI is InChI=1S/C34H25N3O6/c1-43-24-12-7-10-22(19-24)32(39)30-29(31(38)21-9-6-11-23(18-21)37(41)42)34(25-13-3-4-14-26(25)35-33(34)40)28-17-16-20-8-2-5-15-27(20)36(28)30/h2-19,28-30H,1H3,(H,35,40)/t28-,29-,30+,34-/m1/s1. The summed E-state index contributed by atoms with van der Waals surface area (Å²) in [5, 5.41) is 14.6. The highest BCUT2D eigenvalue weighted by atomic mass is 16.6. The number of non-ortho nitro benzene ring substituents is 1. The maximum absolute atomic E-state index is 14.8. The topological polar surface area (TPSA) is 119 Å². The van der Waals surface area contributed by atoms with Crippen LogP contribution in [0.15, 0.2) is 103 Å².